The van der Waals surface area contributed by atoms with Crippen LogP contribution in [0.3, 0.4) is 0 Å². The van der Waals surface area contributed by atoms with Crippen LogP contribution in [-0.2, 0) is 11.8 Å². The molecule has 1 amide bonds. The first-order valence-corrected chi connectivity index (χ1v) is 7.56. The summed E-state index contributed by atoms with van der Waals surface area (Å²) in [6.45, 7) is 4.24. The van der Waals surface area contributed by atoms with Gasteiger partial charge in [0.05, 0.1) is 5.75 Å². The van der Waals surface area contributed by atoms with E-state index in [4.69, 9.17) is 0 Å². The number of amides is 1. The van der Waals surface area contributed by atoms with Gasteiger partial charge in [0.2, 0.25) is 5.91 Å². The number of rotatable bonds is 5. The lowest BCUT2D eigenvalue weighted by molar-refractivity contribution is -0.772. The highest BCUT2D eigenvalue weighted by Crippen LogP contribution is 2.17. The van der Waals surface area contributed by atoms with Gasteiger partial charge in [-0.2, -0.15) is 0 Å². The van der Waals surface area contributed by atoms with E-state index < -0.39 is 5.63 Å². The monoisotopic (exact) mass is 308 g/mol. The van der Waals surface area contributed by atoms with Crippen LogP contribution in [-0.4, -0.2) is 16.9 Å². The number of carbonyl (C=O) groups excluding carboxylic acids is 1. The van der Waals surface area contributed by atoms with Crippen molar-refractivity contribution in [2.75, 3.05) is 11.1 Å². The molecule has 6 nitrogen and oxygen atoms in total. The first-order chi connectivity index (χ1) is 9.97. The van der Waals surface area contributed by atoms with Crippen molar-refractivity contribution in [3.05, 3.63) is 40.2 Å². The van der Waals surface area contributed by atoms with E-state index in [1.165, 1.54) is 10.2 Å². The molecular formula is C14H18N3O3S+. The molecule has 1 heterocycles. The highest BCUT2D eigenvalue weighted by molar-refractivity contribution is 7.99. The Bertz CT molecular complexity index is 674. The average molecular weight is 308 g/mol. The number of aromatic amines is 1. The van der Waals surface area contributed by atoms with E-state index in [0.29, 0.717) is 10.9 Å². The zero-order chi connectivity index (χ0) is 15.4. The molecule has 0 aliphatic rings. The van der Waals surface area contributed by atoms with Gasteiger partial charge in [0, 0.05) is 5.69 Å². The highest BCUT2D eigenvalue weighted by atomic mass is 32.2. The minimum absolute atomic E-state index is 0.141. The molecule has 0 atom stereocenters. The topological polar surface area (TPSA) is 79.0 Å². The molecule has 0 radical (unpaired) electrons. The maximum Gasteiger partial charge on any atom is 0.441 e. The van der Waals surface area contributed by atoms with Crippen molar-refractivity contribution in [1.82, 2.24) is 5.27 Å². The van der Waals surface area contributed by atoms with Gasteiger partial charge in [0.1, 0.15) is 0 Å². The van der Waals surface area contributed by atoms with Crippen molar-refractivity contribution in [2.24, 2.45) is 7.05 Å². The van der Waals surface area contributed by atoms with Gasteiger partial charge in [-0.25, -0.2) is 4.79 Å². The molecule has 0 unspecified atom stereocenters. The SMILES string of the molecule is CC(C)c1ccc(NC(=O)CSc2c(=O)o[nH][n+]2C)cc1. The third kappa shape index (κ3) is 3.98. The van der Waals surface area contributed by atoms with Gasteiger partial charge in [-0.15, -0.1) is 0 Å². The molecule has 1 aromatic carbocycles. The van der Waals surface area contributed by atoms with Gasteiger partial charge in [-0.05, 0) is 40.6 Å². The predicted octanol–water partition coefficient (Wildman–Crippen LogP) is 1.65. The number of thioether (sulfide) groups is 1. The summed E-state index contributed by atoms with van der Waals surface area (Å²) in [7, 11) is 1.65. The number of aryl methyl sites for hydroxylation is 1. The third-order valence-corrected chi connectivity index (χ3v) is 4.08. The number of hydrogen-bond donors (Lipinski definition) is 2. The van der Waals surface area contributed by atoms with Crippen LogP contribution in [0.25, 0.3) is 0 Å². The Kier molecular flexibility index (Phi) is 4.85. The summed E-state index contributed by atoms with van der Waals surface area (Å²) in [4.78, 5) is 23.2. The molecule has 0 saturated heterocycles. The molecule has 0 spiro atoms. The molecule has 2 N–H and O–H groups in total. The molecule has 7 heteroatoms. The summed E-state index contributed by atoms with van der Waals surface area (Å²) >= 11 is 1.13. The van der Waals surface area contributed by atoms with Crippen molar-refractivity contribution in [2.45, 2.75) is 24.8 Å². The summed E-state index contributed by atoms with van der Waals surface area (Å²) in [6, 6.07) is 7.74. The van der Waals surface area contributed by atoms with Crippen molar-refractivity contribution >= 4 is 23.4 Å². The van der Waals surface area contributed by atoms with Crippen LogP contribution < -0.4 is 15.6 Å². The molecule has 0 fully saturated rings. The Morgan fingerprint density at radius 1 is 1.38 bits per heavy atom. The second-order valence-electron chi connectivity index (χ2n) is 4.96. The molecule has 112 valence electrons. The van der Waals surface area contributed by atoms with Gasteiger partial charge in [-0.3, -0.25) is 9.32 Å². The van der Waals surface area contributed by atoms with E-state index in [9.17, 15) is 9.59 Å². The second kappa shape index (κ2) is 6.62. The average Bonchev–Trinajstić information content (AvgIpc) is 2.76. The Morgan fingerprint density at radius 3 is 2.57 bits per heavy atom. The largest absolute Gasteiger partial charge is 0.441 e. The van der Waals surface area contributed by atoms with Gasteiger partial charge in [0.25, 0.3) is 0 Å². The van der Waals surface area contributed by atoms with Crippen molar-refractivity contribution in [1.29, 1.82) is 0 Å². The van der Waals surface area contributed by atoms with Gasteiger partial charge < -0.3 is 5.32 Å². The summed E-state index contributed by atoms with van der Waals surface area (Å²) in [5.74, 6) is 0.429. The zero-order valence-corrected chi connectivity index (χ0v) is 13.0. The number of aromatic nitrogens is 2. The van der Waals surface area contributed by atoms with E-state index in [1.807, 2.05) is 24.3 Å². The fourth-order valence-electron chi connectivity index (χ4n) is 1.77. The van der Waals surface area contributed by atoms with E-state index in [0.717, 1.165) is 17.4 Å². The number of H-pyrrole nitrogens is 1. The van der Waals surface area contributed by atoms with Crippen LogP contribution in [0.5, 0.6) is 0 Å². The number of benzene rings is 1. The van der Waals surface area contributed by atoms with Crippen molar-refractivity contribution in [3.8, 4) is 0 Å². The summed E-state index contributed by atoms with van der Waals surface area (Å²) in [5, 5.41) is 5.56. The van der Waals surface area contributed by atoms with Crippen LogP contribution in [0.15, 0.2) is 38.6 Å². The van der Waals surface area contributed by atoms with Crippen molar-refractivity contribution in [3.63, 3.8) is 0 Å². The maximum absolute atomic E-state index is 11.9. The molecule has 0 aliphatic heterocycles. The highest BCUT2D eigenvalue weighted by Gasteiger charge is 2.19. The van der Waals surface area contributed by atoms with E-state index in [1.54, 1.807) is 7.05 Å². The molecule has 0 bridgehead atoms. The zero-order valence-electron chi connectivity index (χ0n) is 12.2. The lowest BCUT2D eigenvalue weighted by Crippen LogP contribution is -2.34. The maximum atomic E-state index is 11.9. The minimum Gasteiger partial charge on any atom is -0.325 e. The Balaban J connectivity index is 1.91. The van der Waals surface area contributed by atoms with Crippen LogP contribution in [0, 0.1) is 0 Å². The molecule has 0 aliphatic carbocycles. The first-order valence-electron chi connectivity index (χ1n) is 6.57. The van der Waals surface area contributed by atoms with E-state index >= 15 is 0 Å². The lowest BCUT2D eigenvalue weighted by Gasteiger charge is -2.07. The van der Waals surface area contributed by atoms with Gasteiger partial charge in [0.15, 0.2) is 7.05 Å². The van der Waals surface area contributed by atoms with Crippen LogP contribution >= 0.6 is 11.8 Å². The third-order valence-electron chi connectivity index (χ3n) is 2.96. The van der Waals surface area contributed by atoms with Gasteiger partial charge >= 0.3 is 10.7 Å². The number of nitrogens with one attached hydrogen (secondary N) is 2. The van der Waals surface area contributed by atoms with Crippen LogP contribution in [0.1, 0.15) is 25.3 Å². The second-order valence-corrected chi connectivity index (χ2v) is 5.92. The minimum atomic E-state index is -0.475. The van der Waals surface area contributed by atoms with Gasteiger partial charge in [-0.1, -0.05) is 30.7 Å². The molecule has 2 aromatic rings. The molecule has 1 aromatic heterocycles. The number of hydrogen-bond acceptors (Lipinski definition) is 4. The lowest BCUT2D eigenvalue weighted by atomic mass is 10.0. The summed E-state index contributed by atoms with van der Waals surface area (Å²) in [5.41, 5.74) is 1.49. The fraction of sp³-hybridized carbons (Fsp3) is 0.357. The molecule has 0 saturated carbocycles. The van der Waals surface area contributed by atoms with Crippen LogP contribution in [0.2, 0.25) is 0 Å². The van der Waals surface area contributed by atoms with Crippen LogP contribution in [0.4, 0.5) is 5.69 Å². The normalized spacial score (nSPS) is 10.9. The fourth-order valence-corrected chi connectivity index (χ4v) is 2.50. The molecular weight excluding hydrogens is 290 g/mol. The smallest absolute Gasteiger partial charge is 0.325 e. The molecule has 21 heavy (non-hydrogen) atoms. The van der Waals surface area contributed by atoms with Crippen molar-refractivity contribution < 1.29 is 14.0 Å². The Labute approximate surface area is 126 Å². The number of nitrogens with zero attached hydrogens (tertiary/aromatic N) is 1. The predicted molar refractivity (Wildman–Crippen MR) is 80.4 cm³/mol. The van der Waals surface area contributed by atoms with E-state index in [-0.39, 0.29) is 11.7 Å². The quantitative estimate of drug-likeness (QED) is 0.650. The number of anilines is 1. The summed E-state index contributed by atoms with van der Waals surface area (Å²) in [6.07, 6.45) is 0. The first kappa shape index (κ1) is 15.4. The standard InChI is InChI=1S/C14H17N3O3S/c1-9(2)10-4-6-11(7-5-10)15-12(18)8-21-13-14(19)20-16-17(13)3/h4-7,9H,8H2,1-3H3,(H-,15,16,18,19)/p+1. The number of carbonyl (C=O) groups is 1. The van der Waals surface area contributed by atoms with E-state index in [2.05, 4.69) is 29.0 Å². The Morgan fingerprint density at radius 2 is 2.05 bits per heavy atom. The molecule has 2 rings (SSSR count). The summed E-state index contributed by atoms with van der Waals surface area (Å²) < 4.78 is 6.05. The Hall–Kier alpha value is -2.02.